The number of fused-ring (bicyclic) bond motifs is 1. The quantitative estimate of drug-likeness (QED) is 0.397. The average Bonchev–Trinajstić information content (AvgIpc) is 3.28. The Balaban J connectivity index is 1.21. The molecule has 1 fully saturated rings. The van der Waals surface area contributed by atoms with E-state index in [0.29, 0.717) is 26.1 Å². The first-order valence-corrected chi connectivity index (χ1v) is 14.9. The first-order valence-electron chi connectivity index (χ1n) is 14.0. The largest absolute Gasteiger partial charge is 0.341 e. The van der Waals surface area contributed by atoms with Gasteiger partial charge in [-0.1, -0.05) is 61.5 Å². The lowest BCUT2D eigenvalue weighted by molar-refractivity contribution is -0.134. The van der Waals surface area contributed by atoms with E-state index in [-0.39, 0.29) is 23.8 Å². The summed E-state index contributed by atoms with van der Waals surface area (Å²) in [5.74, 6) is 0.279. The summed E-state index contributed by atoms with van der Waals surface area (Å²) < 4.78 is 0. The number of hydrogen-bond donors (Lipinski definition) is 0. The molecule has 2 aliphatic heterocycles. The Hall–Kier alpha value is -2.96. The lowest BCUT2D eigenvalue weighted by atomic mass is 9.90. The van der Waals surface area contributed by atoms with Crippen LogP contribution in [0.2, 0.25) is 0 Å². The van der Waals surface area contributed by atoms with Crippen LogP contribution < -0.4 is 0 Å². The number of rotatable bonds is 7. The van der Waals surface area contributed by atoms with Crippen LogP contribution in [0.1, 0.15) is 65.3 Å². The number of hydrogen-bond acceptors (Lipinski definition) is 4. The predicted molar refractivity (Wildman–Crippen MR) is 154 cm³/mol. The van der Waals surface area contributed by atoms with Crippen molar-refractivity contribution < 1.29 is 9.59 Å². The molecule has 6 heteroatoms. The number of carbonyl (C=O) groups excluding carboxylic acids is 2. The molecule has 200 valence electrons. The molecule has 0 spiro atoms. The lowest BCUT2D eigenvalue weighted by Gasteiger charge is -2.37. The second-order valence-corrected chi connectivity index (χ2v) is 11.5. The SMILES string of the molecule is CCC(C(=O)N1CCCN(C(=O)CCN2CCc3sccc3C2c2ccccc2C)CC1)c1ccccc1. The van der Waals surface area contributed by atoms with Crippen LogP contribution in [0.3, 0.4) is 0 Å². The third-order valence-corrected chi connectivity index (χ3v) is 9.23. The zero-order chi connectivity index (χ0) is 26.5. The minimum absolute atomic E-state index is 0.113. The summed E-state index contributed by atoms with van der Waals surface area (Å²) in [6.45, 7) is 8.65. The molecule has 5 nitrogen and oxygen atoms in total. The fourth-order valence-corrected chi connectivity index (χ4v) is 7.01. The van der Waals surface area contributed by atoms with Crippen LogP contribution in [0.15, 0.2) is 66.0 Å². The Morgan fingerprint density at radius 2 is 1.63 bits per heavy atom. The van der Waals surface area contributed by atoms with Crippen LogP contribution in [0.5, 0.6) is 0 Å². The van der Waals surface area contributed by atoms with Crippen molar-refractivity contribution in [1.29, 1.82) is 0 Å². The Bertz CT molecular complexity index is 1240. The van der Waals surface area contributed by atoms with Gasteiger partial charge in [0.15, 0.2) is 0 Å². The van der Waals surface area contributed by atoms with Gasteiger partial charge in [0.1, 0.15) is 0 Å². The summed E-state index contributed by atoms with van der Waals surface area (Å²) in [5.41, 5.74) is 5.12. The highest BCUT2D eigenvalue weighted by atomic mass is 32.1. The Morgan fingerprint density at radius 1 is 0.895 bits per heavy atom. The van der Waals surface area contributed by atoms with Gasteiger partial charge in [0.05, 0.1) is 12.0 Å². The van der Waals surface area contributed by atoms with Gasteiger partial charge in [-0.05, 0) is 59.9 Å². The number of aryl methyl sites for hydroxylation is 1. The van der Waals surface area contributed by atoms with Gasteiger partial charge in [-0.3, -0.25) is 14.5 Å². The zero-order valence-electron chi connectivity index (χ0n) is 22.6. The number of nitrogens with zero attached hydrogens (tertiary/aromatic N) is 3. The maximum absolute atomic E-state index is 13.4. The minimum Gasteiger partial charge on any atom is -0.341 e. The van der Waals surface area contributed by atoms with E-state index in [0.717, 1.165) is 44.5 Å². The highest BCUT2D eigenvalue weighted by molar-refractivity contribution is 7.10. The number of amides is 2. The molecule has 2 atom stereocenters. The Kier molecular flexibility index (Phi) is 8.60. The smallest absolute Gasteiger partial charge is 0.230 e. The van der Waals surface area contributed by atoms with E-state index in [1.165, 1.54) is 21.6 Å². The Labute approximate surface area is 231 Å². The summed E-state index contributed by atoms with van der Waals surface area (Å²) in [4.78, 5) is 34.7. The van der Waals surface area contributed by atoms with Crippen LogP contribution in [0.4, 0.5) is 0 Å². The molecular weight excluding hydrogens is 490 g/mol. The van der Waals surface area contributed by atoms with E-state index in [2.05, 4.69) is 54.5 Å². The third kappa shape index (κ3) is 5.71. The van der Waals surface area contributed by atoms with Crippen LogP contribution in [0.25, 0.3) is 0 Å². The summed E-state index contributed by atoms with van der Waals surface area (Å²) in [6, 6.07) is 21.2. The molecule has 0 aliphatic carbocycles. The van der Waals surface area contributed by atoms with E-state index in [1.807, 2.05) is 51.5 Å². The topological polar surface area (TPSA) is 43.9 Å². The van der Waals surface area contributed by atoms with E-state index in [4.69, 9.17) is 0 Å². The van der Waals surface area contributed by atoms with Crippen LogP contribution >= 0.6 is 11.3 Å². The number of benzene rings is 2. The van der Waals surface area contributed by atoms with Gasteiger partial charge in [-0.2, -0.15) is 0 Å². The number of carbonyl (C=O) groups is 2. The van der Waals surface area contributed by atoms with Gasteiger partial charge < -0.3 is 9.80 Å². The third-order valence-electron chi connectivity index (χ3n) is 8.23. The average molecular weight is 530 g/mol. The molecule has 38 heavy (non-hydrogen) atoms. The standard InChI is InChI=1S/C32H39N3O2S/c1-3-26(25-11-5-4-6-12-25)32(37)35-18-9-17-33(21-22-35)30(36)15-20-34-19-14-29-28(16-23-38-29)31(34)27-13-8-7-10-24(27)2/h4-8,10-13,16,23,26,31H,3,9,14-15,17-22H2,1-2H3. The van der Waals surface area contributed by atoms with Crippen molar-refractivity contribution in [1.82, 2.24) is 14.7 Å². The van der Waals surface area contributed by atoms with E-state index < -0.39 is 0 Å². The van der Waals surface area contributed by atoms with Crippen molar-refractivity contribution >= 4 is 23.2 Å². The molecule has 2 amide bonds. The molecule has 3 aromatic rings. The molecule has 2 aromatic carbocycles. The monoisotopic (exact) mass is 529 g/mol. The number of thiophene rings is 1. The van der Waals surface area contributed by atoms with Crippen molar-refractivity contribution in [3.05, 3.63) is 93.2 Å². The molecule has 0 N–H and O–H groups in total. The molecule has 3 heterocycles. The van der Waals surface area contributed by atoms with Crippen LogP contribution in [-0.4, -0.2) is 65.8 Å². The van der Waals surface area contributed by atoms with Gasteiger partial charge >= 0.3 is 0 Å². The summed E-state index contributed by atoms with van der Waals surface area (Å²) in [6.07, 6.45) is 3.17. The summed E-state index contributed by atoms with van der Waals surface area (Å²) in [5, 5.41) is 2.20. The summed E-state index contributed by atoms with van der Waals surface area (Å²) >= 11 is 1.85. The maximum atomic E-state index is 13.4. The van der Waals surface area contributed by atoms with Crippen molar-refractivity contribution in [2.24, 2.45) is 0 Å². The van der Waals surface area contributed by atoms with Gasteiger partial charge in [0.2, 0.25) is 11.8 Å². The lowest BCUT2D eigenvalue weighted by Crippen LogP contribution is -2.41. The van der Waals surface area contributed by atoms with Crippen molar-refractivity contribution in [3.8, 4) is 0 Å². The molecule has 0 bridgehead atoms. The fourth-order valence-electron chi connectivity index (χ4n) is 6.11. The molecular formula is C32H39N3O2S. The van der Waals surface area contributed by atoms with Gasteiger partial charge in [-0.25, -0.2) is 0 Å². The fraction of sp³-hybridized carbons (Fsp3) is 0.438. The van der Waals surface area contributed by atoms with E-state index in [9.17, 15) is 9.59 Å². The first kappa shape index (κ1) is 26.6. The normalized spacial score (nSPS) is 19.1. The van der Waals surface area contributed by atoms with Crippen LogP contribution in [-0.2, 0) is 16.0 Å². The van der Waals surface area contributed by atoms with Crippen molar-refractivity contribution in [3.63, 3.8) is 0 Å². The van der Waals surface area contributed by atoms with Crippen molar-refractivity contribution in [2.75, 3.05) is 39.3 Å². The highest BCUT2D eigenvalue weighted by Gasteiger charge is 2.32. The van der Waals surface area contributed by atoms with Gasteiger partial charge in [-0.15, -0.1) is 11.3 Å². The predicted octanol–water partition coefficient (Wildman–Crippen LogP) is 5.65. The van der Waals surface area contributed by atoms with Gasteiger partial charge in [0, 0.05) is 50.6 Å². The molecule has 5 rings (SSSR count). The summed E-state index contributed by atoms with van der Waals surface area (Å²) in [7, 11) is 0. The molecule has 1 saturated heterocycles. The zero-order valence-corrected chi connectivity index (χ0v) is 23.5. The Morgan fingerprint density at radius 3 is 2.42 bits per heavy atom. The first-order chi connectivity index (χ1) is 18.6. The molecule has 1 aromatic heterocycles. The van der Waals surface area contributed by atoms with E-state index >= 15 is 0 Å². The molecule has 2 unspecified atom stereocenters. The molecule has 2 aliphatic rings. The second-order valence-electron chi connectivity index (χ2n) is 10.5. The molecule has 0 saturated carbocycles. The maximum Gasteiger partial charge on any atom is 0.230 e. The minimum atomic E-state index is -0.113. The molecule has 0 radical (unpaired) electrons. The van der Waals surface area contributed by atoms with E-state index in [1.54, 1.807) is 0 Å². The second kappa shape index (κ2) is 12.3. The van der Waals surface area contributed by atoms with Crippen molar-refractivity contribution in [2.45, 2.75) is 51.5 Å². The van der Waals surface area contributed by atoms with Gasteiger partial charge in [0.25, 0.3) is 0 Å². The highest BCUT2D eigenvalue weighted by Crippen LogP contribution is 2.39. The van der Waals surface area contributed by atoms with Crippen LogP contribution in [0, 0.1) is 6.92 Å².